The molecular weight excluding hydrogens is 344 g/mol. The summed E-state index contributed by atoms with van der Waals surface area (Å²) in [5.41, 5.74) is 1.95. The van der Waals surface area contributed by atoms with E-state index in [2.05, 4.69) is 20.3 Å². The first-order chi connectivity index (χ1) is 13.0. The summed E-state index contributed by atoms with van der Waals surface area (Å²) >= 11 is 0. The van der Waals surface area contributed by atoms with Crippen LogP contribution in [0, 0.1) is 0 Å². The molecule has 1 aliphatic heterocycles. The van der Waals surface area contributed by atoms with E-state index in [1.165, 1.54) is 4.90 Å². The average Bonchev–Trinajstić information content (AvgIpc) is 2.73. The number of carbonyl (C=O) groups excluding carboxylic acids is 2. The highest BCUT2D eigenvalue weighted by atomic mass is 16.2. The van der Waals surface area contributed by atoms with Crippen LogP contribution < -0.4 is 5.32 Å². The van der Waals surface area contributed by atoms with Gasteiger partial charge in [0.1, 0.15) is 0 Å². The van der Waals surface area contributed by atoms with Crippen molar-refractivity contribution in [3.05, 3.63) is 47.5 Å². The van der Waals surface area contributed by atoms with E-state index in [9.17, 15) is 9.59 Å². The standard InChI is InChI=1S/C19H24N6O2/c1-20-19-22-10-15(11-23-19)18(27)25-8-4-5-14(12-25)16-7-6-13(9-21-16)17(26)24(2)3/h6-7,9-11,14H,4-5,8,12H2,1-3H3,(H,20,22,23)/t14-/m1/s1. The summed E-state index contributed by atoms with van der Waals surface area (Å²) in [5, 5.41) is 2.84. The molecule has 0 spiro atoms. The van der Waals surface area contributed by atoms with Crippen molar-refractivity contribution >= 4 is 17.8 Å². The minimum absolute atomic E-state index is 0.0678. The maximum absolute atomic E-state index is 12.7. The van der Waals surface area contributed by atoms with Crippen molar-refractivity contribution in [2.75, 3.05) is 39.5 Å². The second-order valence-corrected chi connectivity index (χ2v) is 6.81. The first kappa shape index (κ1) is 18.8. The molecule has 1 saturated heterocycles. The van der Waals surface area contributed by atoms with Gasteiger partial charge in [0.2, 0.25) is 5.95 Å². The zero-order valence-electron chi connectivity index (χ0n) is 15.8. The van der Waals surface area contributed by atoms with Crippen molar-refractivity contribution in [3.63, 3.8) is 0 Å². The molecular formula is C19H24N6O2. The predicted octanol–water partition coefficient (Wildman–Crippen LogP) is 1.63. The number of pyridine rings is 1. The molecule has 0 aliphatic carbocycles. The third kappa shape index (κ3) is 4.21. The van der Waals surface area contributed by atoms with Gasteiger partial charge in [0.25, 0.3) is 11.8 Å². The summed E-state index contributed by atoms with van der Waals surface area (Å²) in [4.78, 5) is 40.8. The van der Waals surface area contributed by atoms with Gasteiger partial charge < -0.3 is 15.1 Å². The molecule has 8 heteroatoms. The number of likely N-dealkylation sites (tertiary alicyclic amines) is 1. The summed E-state index contributed by atoms with van der Waals surface area (Å²) in [5.74, 6) is 0.504. The Labute approximate surface area is 158 Å². The molecule has 1 N–H and O–H groups in total. The van der Waals surface area contributed by atoms with Gasteiger partial charge in [-0.15, -0.1) is 0 Å². The Bertz CT molecular complexity index is 804. The molecule has 3 heterocycles. The maximum Gasteiger partial charge on any atom is 0.257 e. The monoisotopic (exact) mass is 368 g/mol. The van der Waals surface area contributed by atoms with E-state index in [0.717, 1.165) is 18.5 Å². The number of hydrogen-bond donors (Lipinski definition) is 1. The highest BCUT2D eigenvalue weighted by Crippen LogP contribution is 2.26. The van der Waals surface area contributed by atoms with Crippen LogP contribution in [0.3, 0.4) is 0 Å². The second-order valence-electron chi connectivity index (χ2n) is 6.81. The van der Waals surface area contributed by atoms with Crippen LogP contribution in [0.1, 0.15) is 45.2 Å². The first-order valence-electron chi connectivity index (χ1n) is 8.96. The molecule has 0 radical (unpaired) electrons. The van der Waals surface area contributed by atoms with Gasteiger partial charge in [-0.2, -0.15) is 0 Å². The Balaban J connectivity index is 1.70. The number of rotatable bonds is 4. The van der Waals surface area contributed by atoms with Crippen molar-refractivity contribution in [2.24, 2.45) is 0 Å². The Kier molecular flexibility index (Phi) is 5.63. The Morgan fingerprint density at radius 3 is 2.41 bits per heavy atom. The van der Waals surface area contributed by atoms with E-state index in [0.29, 0.717) is 30.2 Å². The van der Waals surface area contributed by atoms with Gasteiger partial charge in [-0.05, 0) is 25.0 Å². The van der Waals surface area contributed by atoms with Crippen LogP contribution in [0.4, 0.5) is 5.95 Å². The van der Waals surface area contributed by atoms with Gasteiger partial charge >= 0.3 is 0 Å². The highest BCUT2D eigenvalue weighted by Gasteiger charge is 2.26. The molecule has 1 fully saturated rings. The van der Waals surface area contributed by atoms with E-state index in [1.807, 2.05) is 11.0 Å². The minimum atomic E-state index is -0.0699. The van der Waals surface area contributed by atoms with Crippen LogP contribution in [-0.4, -0.2) is 70.8 Å². The Morgan fingerprint density at radius 2 is 1.81 bits per heavy atom. The van der Waals surface area contributed by atoms with E-state index in [1.54, 1.807) is 45.8 Å². The minimum Gasteiger partial charge on any atom is -0.357 e. The first-order valence-corrected chi connectivity index (χ1v) is 8.96. The average molecular weight is 368 g/mol. The highest BCUT2D eigenvalue weighted by molar-refractivity contribution is 5.94. The van der Waals surface area contributed by atoms with Crippen LogP contribution in [0.25, 0.3) is 0 Å². The molecule has 142 valence electrons. The van der Waals surface area contributed by atoms with E-state index < -0.39 is 0 Å². The van der Waals surface area contributed by atoms with Crippen molar-refractivity contribution in [3.8, 4) is 0 Å². The number of nitrogens with one attached hydrogen (secondary N) is 1. The predicted molar refractivity (Wildman–Crippen MR) is 102 cm³/mol. The number of nitrogens with zero attached hydrogens (tertiary/aromatic N) is 5. The second kappa shape index (κ2) is 8.11. The molecule has 0 bridgehead atoms. The molecule has 0 aromatic carbocycles. The van der Waals surface area contributed by atoms with Gasteiger partial charge in [0.05, 0.1) is 11.1 Å². The molecule has 8 nitrogen and oxygen atoms in total. The van der Waals surface area contributed by atoms with Gasteiger partial charge in [0.15, 0.2) is 0 Å². The van der Waals surface area contributed by atoms with Crippen LogP contribution in [0.5, 0.6) is 0 Å². The van der Waals surface area contributed by atoms with E-state index in [-0.39, 0.29) is 17.7 Å². The summed E-state index contributed by atoms with van der Waals surface area (Å²) in [6, 6.07) is 3.69. The SMILES string of the molecule is CNc1ncc(C(=O)N2CCC[C@@H](c3ccc(C(=O)N(C)C)cn3)C2)cn1. The molecule has 0 saturated carbocycles. The van der Waals surface area contributed by atoms with Crippen molar-refractivity contribution in [1.29, 1.82) is 0 Å². The van der Waals surface area contributed by atoms with Gasteiger partial charge in [-0.3, -0.25) is 14.6 Å². The summed E-state index contributed by atoms with van der Waals surface area (Å²) in [7, 11) is 5.16. The normalized spacial score (nSPS) is 16.7. The molecule has 3 rings (SSSR count). The van der Waals surface area contributed by atoms with Crippen molar-refractivity contribution in [1.82, 2.24) is 24.8 Å². The largest absolute Gasteiger partial charge is 0.357 e. The van der Waals surface area contributed by atoms with Crippen molar-refractivity contribution in [2.45, 2.75) is 18.8 Å². The fourth-order valence-electron chi connectivity index (χ4n) is 3.18. The van der Waals surface area contributed by atoms with Crippen LogP contribution in [0.2, 0.25) is 0 Å². The van der Waals surface area contributed by atoms with E-state index >= 15 is 0 Å². The third-order valence-electron chi connectivity index (χ3n) is 4.69. The Morgan fingerprint density at radius 1 is 1.11 bits per heavy atom. The smallest absolute Gasteiger partial charge is 0.257 e. The van der Waals surface area contributed by atoms with Crippen LogP contribution in [-0.2, 0) is 0 Å². The number of carbonyl (C=O) groups is 2. The molecule has 2 amide bonds. The molecule has 27 heavy (non-hydrogen) atoms. The van der Waals surface area contributed by atoms with Crippen LogP contribution >= 0.6 is 0 Å². The maximum atomic E-state index is 12.7. The lowest BCUT2D eigenvalue weighted by molar-refractivity contribution is 0.0705. The fraction of sp³-hybridized carbons (Fsp3) is 0.421. The summed E-state index contributed by atoms with van der Waals surface area (Å²) < 4.78 is 0. The Hall–Kier alpha value is -3.03. The van der Waals surface area contributed by atoms with Gasteiger partial charge in [-0.1, -0.05) is 0 Å². The summed E-state index contributed by atoms with van der Waals surface area (Å²) in [6.07, 6.45) is 6.58. The van der Waals surface area contributed by atoms with Gasteiger partial charge in [-0.25, -0.2) is 9.97 Å². The van der Waals surface area contributed by atoms with E-state index in [4.69, 9.17) is 0 Å². The third-order valence-corrected chi connectivity index (χ3v) is 4.69. The summed E-state index contributed by atoms with van der Waals surface area (Å²) in [6.45, 7) is 1.31. The molecule has 1 atom stereocenters. The van der Waals surface area contributed by atoms with Gasteiger partial charge in [0, 0.05) is 64.4 Å². The zero-order chi connectivity index (χ0) is 19.4. The fourth-order valence-corrected chi connectivity index (χ4v) is 3.18. The number of anilines is 1. The molecule has 2 aromatic heterocycles. The number of piperidine rings is 1. The van der Waals surface area contributed by atoms with Crippen LogP contribution in [0.15, 0.2) is 30.7 Å². The van der Waals surface area contributed by atoms with Crippen molar-refractivity contribution < 1.29 is 9.59 Å². The zero-order valence-corrected chi connectivity index (χ0v) is 15.8. The molecule has 0 unspecified atom stereocenters. The molecule has 2 aromatic rings. The lowest BCUT2D eigenvalue weighted by Crippen LogP contribution is -2.39. The lowest BCUT2D eigenvalue weighted by atomic mass is 9.93. The molecule has 1 aliphatic rings. The number of amides is 2. The topological polar surface area (TPSA) is 91.3 Å². The number of hydrogen-bond acceptors (Lipinski definition) is 6. The number of aromatic nitrogens is 3. The lowest BCUT2D eigenvalue weighted by Gasteiger charge is -2.32. The quantitative estimate of drug-likeness (QED) is 0.882.